The maximum Gasteiger partial charge on any atom is 0.243 e. The van der Waals surface area contributed by atoms with Crippen LogP contribution in [-0.4, -0.2) is 54.0 Å². The molecule has 0 rings (SSSR count). The van der Waals surface area contributed by atoms with E-state index in [1.807, 2.05) is 0 Å². The van der Waals surface area contributed by atoms with Crippen molar-refractivity contribution in [1.29, 1.82) is 0 Å². The van der Waals surface area contributed by atoms with Crippen LogP contribution in [0.3, 0.4) is 0 Å². The number of hydrogen-bond donors (Lipinski definition) is 5. The van der Waals surface area contributed by atoms with E-state index >= 15 is 0 Å². The molecule has 0 aromatic carbocycles. The molecule has 0 unspecified atom stereocenters. The average molecular weight is 302 g/mol. The summed E-state index contributed by atoms with van der Waals surface area (Å²) in [6, 6.07) is -2.56. The van der Waals surface area contributed by atoms with Gasteiger partial charge >= 0.3 is 0 Å². The molecule has 0 spiro atoms. The third-order valence-corrected chi connectivity index (χ3v) is 2.97. The minimum absolute atomic E-state index is 0.382. The number of aliphatic hydroxyl groups excluding tert-OH is 1. The summed E-state index contributed by atoms with van der Waals surface area (Å²) < 4.78 is 0. The summed E-state index contributed by atoms with van der Waals surface area (Å²) in [5.41, 5.74) is 10.8. The van der Waals surface area contributed by atoms with E-state index in [0.717, 1.165) is 0 Å². The molecule has 0 aromatic heterocycles. The summed E-state index contributed by atoms with van der Waals surface area (Å²) >= 11 is 0. The second kappa shape index (κ2) is 10.3. The Bertz CT molecular complexity index is 347. The lowest BCUT2D eigenvalue weighted by Crippen LogP contribution is -2.54. The van der Waals surface area contributed by atoms with Gasteiger partial charge in [0.2, 0.25) is 11.8 Å². The number of nitrogens with two attached hydrogens (primary N) is 2. The van der Waals surface area contributed by atoms with Crippen molar-refractivity contribution >= 4 is 18.1 Å². The van der Waals surface area contributed by atoms with Gasteiger partial charge in [-0.2, -0.15) is 0 Å². The van der Waals surface area contributed by atoms with E-state index in [1.54, 1.807) is 0 Å². The molecule has 21 heavy (non-hydrogen) atoms. The lowest BCUT2D eigenvalue weighted by atomic mass is 10.1. The van der Waals surface area contributed by atoms with E-state index in [1.165, 1.54) is 13.8 Å². The molecule has 7 N–H and O–H groups in total. The quantitative estimate of drug-likeness (QED) is 0.233. The monoisotopic (exact) mass is 302 g/mol. The van der Waals surface area contributed by atoms with Crippen LogP contribution in [0.4, 0.5) is 0 Å². The number of aliphatic hydroxyl groups is 1. The van der Waals surface area contributed by atoms with Gasteiger partial charge in [-0.05, 0) is 39.7 Å². The minimum atomic E-state index is -1.01. The second-order valence-corrected chi connectivity index (χ2v) is 5.05. The zero-order valence-electron chi connectivity index (χ0n) is 12.5. The first kappa shape index (κ1) is 19.5. The lowest BCUT2D eigenvalue weighted by molar-refractivity contribution is -0.131. The molecule has 122 valence electrons. The van der Waals surface area contributed by atoms with Crippen molar-refractivity contribution in [2.45, 2.75) is 57.3 Å². The number of amides is 2. The molecular weight excluding hydrogens is 276 g/mol. The van der Waals surface area contributed by atoms with E-state index in [9.17, 15) is 19.5 Å². The molecule has 0 heterocycles. The van der Waals surface area contributed by atoms with Gasteiger partial charge in [-0.3, -0.25) is 9.59 Å². The number of nitrogens with one attached hydrogen (secondary N) is 2. The van der Waals surface area contributed by atoms with Crippen LogP contribution >= 0.6 is 0 Å². The Balaban J connectivity index is 4.71. The van der Waals surface area contributed by atoms with Crippen molar-refractivity contribution in [2.24, 2.45) is 11.5 Å². The third kappa shape index (κ3) is 7.74. The predicted molar refractivity (Wildman–Crippen MR) is 78.2 cm³/mol. The van der Waals surface area contributed by atoms with E-state index in [4.69, 9.17) is 11.5 Å². The van der Waals surface area contributed by atoms with Crippen LogP contribution in [0, 0.1) is 0 Å². The topological polar surface area (TPSA) is 148 Å². The van der Waals surface area contributed by atoms with Gasteiger partial charge in [0.05, 0.1) is 12.1 Å². The molecule has 0 saturated carbocycles. The smallest absolute Gasteiger partial charge is 0.243 e. The van der Waals surface area contributed by atoms with Crippen molar-refractivity contribution in [2.75, 3.05) is 6.54 Å². The van der Waals surface area contributed by atoms with Crippen LogP contribution < -0.4 is 22.1 Å². The number of unbranched alkanes of at least 4 members (excludes halogenated alkanes) is 1. The summed E-state index contributed by atoms with van der Waals surface area (Å²) in [5, 5.41) is 14.3. The van der Waals surface area contributed by atoms with Gasteiger partial charge in [-0.15, -0.1) is 0 Å². The first-order valence-corrected chi connectivity index (χ1v) is 7.03. The maximum atomic E-state index is 12.1. The van der Waals surface area contributed by atoms with Crippen LogP contribution in [0.15, 0.2) is 0 Å². The third-order valence-electron chi connectivity index (χ3n) is 2.97. The lowest BCUT2D eigenvalue weighted by Gasteiger charge is -2.22. The molecule has 0 fully saturated rings. The highest BCUT2D eigenvalue weighted by atomic mass is 16.3. The zero-order valence-corrected chi connectivity index (χ0v) is 12.5. The van der Waals surface area contributed by atoms with E-state index in [-0.39, 0.29) is 0 Å². The Morgan fingerprint density at radius 1 is 1.19 bits per heavy atom. The predicted octanol–water partition coefficient (Wildman–Crippen LogP) is -1.99. The second-order valence-electron chi connectivity index (χ2n) is 5.05. The molecule has 4 atom stereocenters. The van der Waals surface area contributed by atoms with Gasteiger partial charge in [0.1, 0.15) is 18.4 Å². The van der Waals surface area contributed by atoms with Crippen molar-refractivity contribution in [1.82, 2.24) is 10.6 Å². The van der Waals surface area contributed by atoms with Gasteiger partial charge in [0, 0.05) is 0 Å². The molecule has 0 aromatic rings. The molecule has 0 aliphatic carbocycles. The van der Waals surface area contributed by atoms with E-state index in [2.05, 4.69) is 10.6 Å². The van der Waals surface area contributed by atoms with Gasteiger partial charge in [-0.25, -0.2) is 0 Å². The Hall–Kier alpha value is -1.51. The normalized spacial score (nSPS) is 16.4. The van der Waals surface area contributed by atoms with Crippen molar-refractivity contribution in [3.8, 4) is 0 Å². The fourth-order valence-electron chi connectivity index (χ4n) is 1.60. The number of carbonyl (C=O) groups is 3. The van der Waals surface area contributed by atoms with Crippen LogP contribution in [0.25, 0.3) is 0 Å². The Labute approximate surface area is 124 Å². The Kier molecular flexibility index (Phi) is 9.51. The molecule has 0 radical (unpaired) electrons. The number of carbonyl (C=O) groups excluding carboxylic acids is 3. The fraction of sp³-hybridized carbons (Fsp3) is 0.769. The molecule has 8 heteroatoms. The Morgan fingerprint density at radius 3 is 2.24 bits per heavy atom. The molecule has 0 aliphatic rings. The van der Waals surface area contributed by atoms with Crippen LogP contribution in [-0.2, 0) is 14.4 Å². The molecule has 0 bridgehead atoms. The highest BCUT2D eigenvalue weighted by Gasteiger charge is 2.25. The van der Waals surface area contributed by atoms with Gasteiger partial charge in [0.25, 0.3) is 0 Å². The number of aldehydes is 1. The first-order valence-electron chi connectivity index (χ1n) is 7.03. The SMILES string of the molecule is C[C@H](N)C(=O)N[C@@H](CCCCN)C(=O)N[C@H](C=O)[C@@H](C)O. The average Bonchev–Trinajstić information content (AvgIpc) is 2.42. The summed E-state index contributed by atoms with van der Waals surface area (Å²) in [6.45, 7) is 3.39. The standard InChI is InChI=1S/C13H26N4O4/c1-8(15)12(20)16-10(5-3-4-6-14)13(21)17-11(7-18)9(2)19/h7-11,19H,3-6,14-15H2,1-2H3,(H,16,20)(H,17,21)/t8-,9+,10-,11+/m0/s1. The minimum Gasteiger partial charge on any atom is -0.391 e. The molecule has 2 amide bonds. The number of rotatable bonds is 10. The van der Waals surface area contributed by atoms with Crippen LogP contribution in [0.1, 0.15) is 33.1 Å². The summed E-state index contributed by atoms with van der Waals surface area (Å²) in [5.74, 6) is -0.985. The molecular formula is C13H26N4O4. The molecule has 0 aliphatic heterocycles. The van der Waals surface area contributed by atoms with Gasteiger partial charge in [0.15, 0.2) is 0 Å². The van der Waals surface area contributed by atoms with Crippen LogP contribution in [0.5, 0.6) is 0 Å². The molecule has 0 saturated heterocycles. The number of hydrogen-bond acceptors (Lipinski definition) is 6. The molecule has 8 nitrogen and oxygen atoms in total. The maximum absolute atomic E-state index is 12.1. The van der Waals surface area contributed by atoms with Crippen LogP contribution in [0.2, 0.25) is 0 Å². The highest BCUT2D eigenvalue weighted by molar-refractivity contribution is 5.90. The van der Waals surface area contributed by atoms with Crippen molar-refractivity contribution < 1.29 is 19.5 Å². The summed E-state index contributed by atoms with van der Waals surface area (Å²) in [7, 11) is 0. The summed E-state index contributed by atoms with van der Waals surface area (Å²) in [6.07, 6.45) is 1.18. The zero-order chi connectivity index (χ0) is 16.4. The van der Waals surface area contributed by atoms with E-state index < -0.39 is 36.0 Å². The van der Waals surface area contributed by atoms with Gasteiger partial charge < -0.3 is 32.0 Å². The summed E-state index contributed by atoms with van der Waals surface area (Å²) in [4.78, 5) is 34.5. The Morgan fingerprint density at radius 2 is 1.81 bits per heavy atom. The van der Waals surface area contributed by atoms with Crippen molar-refractivity contribution in [3.05, 3.63) is 0 Å². The first-order chi connectivity index (χ1) is 9.83. The van der Waals surface area contributed by atoms with Crippen molar-refractivity contribution in [3.63, 3.8) is 0 Å². The highest BCUT2D eigenvalue weighted by Crippen LogP contribution is 2.02. The fourth-order valence-corrected chi connectivity index (χ4v) is 1.60. The van der Waals surface area contributed by atoms with Gasteiger partial charge in [-0.1, -0.05) is 0 Å². The van der Waals surface area contributed by atoms with E-state index in [0.29, 0.717) is 32.1 Å². The largest absolute Gasteiger partial charge is 0.391 e.